The molecule has 2 aromatic carbocycles. The van der Waals surface area contributed by atoms with Crippen LogP contribution >= 0.6 is 0 Å². The predicted molar refractivity (Wildman–Crippen MR) is 128 cm³/mol. The molecule has 32 heavy (non-hydrogen) atoms. The van der Waals surface area contributed by atoms with Crippen molar-refractivity contribution in [1.82, 2.24) is 4.57 Å². The first-order valence-corrected chi connectivity index (χ1v) is 12.3. The highest BCUT2D eigenvalue weighted by Crippen LogP contribution is 2.40. The van der Waals surface area contributed by atoms with Gasteiger partial charge in [-0.2, -0.15) is 0 Å². The van der Waals surface area contributed by atoms with Crippen LogP contribution in [0.1, 0.15) is 55.2 Å². The number of Topliss-reactive ketones (excluding diaryl/α,β-unsaturated/α-hetero) is 1. The molecule has 2 heterocycles. The summed E-state index contributed by atoms with van der Waals surface area (Å²) in [5, 5.41) is 8.77. The zero-order valence-electron chi connectivity index (χ0n) is 18.9. The van der Waals surface area contributed by atoms with E-state index >= 15 is 0 Å². The van der Waals surface area contributed by atoms with Gasteiger partial charge in [-0.3, -0.25) is 4.79 Å². The monoisotopic (exact) mass is 451 g/mol. The van der Waals surface area contributed by atoms with Gasteiger partial charge in [-0.1, -0.05) is 32.9 Å². The Labute approximate surface area is 189 Å². The fourth-order valence-electron chi connectivity index (χ4n) is 4.49. The first-order chi connectivity index (χ1) is 15.0. The van der Waals surface area contributed by atoms with E-state index in [4.69, 9.17) is 5.14 Å². The molecule has 3 aromatic rings. The number of fused-ring (bicyclic) bond motifs is 1. The van der Waals surface area contributed by atoms with Gasteiger partial charge in [0.05, 0.1) is 10.6 Å². The fourth-order valence-corrected chi connectivity index (χ4v) is 5.01. The molecule has 0 saturated carbocycles. The van der Waals surface area contributed by atoms with Crippen LogP contribution in [0.2, 0.25) is 0 Å². The SMILES string of the molecule is CCC(=O)c1cc(-c2ccc3c(c2)NCCC3(C)C)n(-c2ccc(S(N)(=O)=O)cc2)c1C. The van der Waals surface area contributed by atoms with Crippen molar-refractivity contribution in [3.63, 3.8) is 0 Å². The quantitative estimate of drug-likeness (QED) is 0.546. The lowest BCUT2D eigenvalue weighted by Crippen LogP contribution is -2.28. The molecule has 0 spiro atoms. The average molecular weight is 452 g/mol. The smallest absolute Gasteiger partial charge is 0.238 e. The third-order valence-electron chi connectivity index (χ3n) is 6.40. The number of aromatic nitrogens is 1. The molecule has 6 nitrogen and oxygen atoms in total. The lowest BCUT2D eigenvalue weighted by atomic mass is 9.78. The normalized spacial score (nSPS) is 15.2. The van der Waals surface area contributed by atoms with Crippen LogP contribution in [-0.4, -0.2) is 25.3 Å². The summed E-state index contributed by atoms with van der Waals surface area (Å²) in [6.45, 7) is 9.19. The second-order valence-electron chi connectivity index (χ2n) is 9.00. The summed E-state index contributed by atoms with van der Waals surface area (Å²) in [6, 6.07) is 14.8. The molecule has 168 valence electrons. The Morgan fingerprint density at radius 3 is 2.44 bits per heavy atom. The van der Waals surface area contributed by atoms with Gasteiger partial charge in [-0.25, -0.2) is 13.6 Å². The van der Waals surface area contributed by atoms with E-state index in [-0.39, 0.29) is 16.1 Å². The minimum absolute atomic E-state index is 0.0534. The molecule has 1 aliphatic rings. The summed E-state index contributed by atoms with van der Waals surface area (Å²) in [5.74, 6) is 0.0703. The van der Waals surface area contributed by atoms with Gasteiger partial charge in [0.2, 0.25) is 10.0 Å². The molecule has 0 atom stereocenters. The largest absolute Gasteiger partial charge is 0.385 e. The molecule has 4 rings (SSSR count). The summed E-state index contributed by atoms with van der Waals surface area (Å²) in [4.78, 5) is 12.7. The number of primary sulfonamides is 1. The maximum Gasteiger partial charge on any atom is 0.238 e. The highest BCUT2D eigenvalue weighted by atomic mass is 32.2. The van der Waals surface area contributed by atoms with Gasteiger partial charge >= 0.3 is 0 Å². The standard InChI is InChI=1S/C25H29N3O3S/c1-5-24(29)20-15-23(17-6-11-21-22(14-17)27-13-12-25(21,3)4)28(16(20)2)18-7-9-19(10-8-18)32(26,30)31/h6-11,14-15,27H,5,12-13H2,1-4H3,(H2,26,30,31). The van der Waals surface area contributed by atoms with Crippen molar-refractivity contribution in [3.8, 4) is 16.9 Å². The number of ketones is 1. The van der Waals surface area contributed by atoms with E-state index in [1.807, 2.05) is 24.5 Å². The van der Waals surface area contributed by atoms with Gasteiger partial charge in [0.1, 0.15) is 0 Å². The molecule has 0 radical (unpaired) electrons. The van der Waals surface area contributed by atoms with Crippen molar-refractivity contribution in [2.75, 3.05) is 11.9 Å². The number of hydrogen-bond acceptors (Lipinski definition) is 4. The van der Waals surface area contributed by atoms with Crippen molar-refractivity contribution in [2.24, 2.45) is 5.14 Å². The van der Waals surface area contributed by atoms with E-state index < -0.39 is 10.0 Å². The van der Waals surface area contributed by atoms with Crippen LogP contribution in [0.5, 0.6) is 0 Å². The number of hydrogen-bond donors (Lipinski definition) is 2. The summed E-state index contributed by atoms with van der Waals surface area (Å²) in [7, 11) is -3.78. The van der Waals surface area contributed by atoms with E-state index in [2.05, 4.69) is 37.4 Å². The Morgan fingerprint density at radius 2 is 1.81 bits per heavy atom. The highest BCUT2D eigenvalue weighted by Gasteiger charge is 2.28. The number of carbonyl (C=O) groups excluding carboxylic acids is 1. The molecule has 0 unspecified atom stereocenters. The topological polar surface area (TPSA) is 94.2 Å². The van der Waals surface area contributed by atoms with Crippen molar-refractivity contribution >= 4 is 21.5 Å². The summed E-state index contributed by atoms with van der Waals surface area (Å²) in [5.41, 5.74) is 6.63. The van der Waals surface area contributed by atoms with Crippen LogP contribution in [0.15, 0.2) is 53.4 Å². The number of benzene rings is 2. The Hall–Kier alpha value is -2.90. The molecular weight excluding hydrogens is 422 g/mol. The number of carbonyl (C=O) groups is 1. The predicted octanol–water partition coefficient (Wildman–Crippen LogP) is 4.79. The molecular formula is C25H29N3O3S. The Kier molecular flexibility index (Phi) is 5.51. The molecule has 3 N–H and O–H groups in total. The first-order valence-electron chi connectivity index (χ1n) is 10.8. The van der Waals surface area contributed by atoms with Gasteiger partial charge < -0.3 is 9.88 Å². The van der Waals surface area contributed by atoms with Crippen LogP contribution in [-0.2, 0) is 15.4 Å². The van der Waals surface area contributed by atoms with Crippen LogP contribution in [0.25, 0.3) is 16.9 Å². The number of sulfonamides is 1. The third kappa shape index (κ3) is 3.87. The second-order valence-corrected chi connectivity index (χ2v) is 10.6. The van der Waals surface area contributed by atoms with Crippen molar-refractivity contribution in [1.29, 1.82) is 0 Å². The minimum atomic E-state index is -3.78. The van der Waals surface area contributed by atoms with Gasteiger partial charge in [0.25, 0.3) is 0 Å². The van der Waals surface area contributed by atoms with E-state index in [0.29, 0.717) is 12.0 Å². The van der Waals surface area contributed by atoms with Crippen LogP contribution in [0, 0.1) is 6.92 Å². The molecule has 0 aliphatic carbocycles. The molecule has 1 aromatic heterocycles. The van der Waals surface area contributed by atoms with Crippen molar-refractivity contribution in [3.05, 3.63) is 65.4 Å². The number of nitrogens with one attached hydrogen (secondary N) is 1. The van der Waals surface area contributed by atoms with Crippen LogP contribution in [0.4, 0.5) is 5.69 Å². The third-order valence-corrected chi connectivity index (χ3v) is 7.33. The minimum Gasteiger partial charge on any atom is -0.385 e. The summed E-state index contributed by atoms with van der Waals surface area (Å²) in [6.07, 6.45) is 1.48. The number of nitrogens with two attached hydrogens (primary N) is 1. The van der Waals surface area contributed by atoms with Gasteiger partial charge in [-0.05, 0) is 60.7 Å². The van der Waals surface area contributed by atoms with Crippen LogP contribution < -0.4 is 10.5 Å². The first kappa shape index (κ1) is 22.3. The van der Waals surface area contributed by atoms with E-state index in [1.54, 1.807) is 12.1 Å². The number of rotatable bonds is 5. The molecule has 0 bridgehead atoms. The van der Waals surface area contributed by atoms with E-state index in [9.17, 15) is 13.2 Å². The van der Waals surface area contributed by atoms with Crippen molar-refractivity contribution in [2.45, 2.75) is 50.8 Å². The summed E-state index contributed by atoms with van der Waals surface area (Å²) < 4.78 is 25.4. The maximum atomic E-state index is 12.6. The molecule has 7 heteroatoms. The highest BCUT2D eigenvalue weighted by molar-refractivity contribution is 7.89. The zero-order valence-corrected chi connectivity index (χ0v) is 19.7. The van der Waals surface area contributed by atoms with Gasteiger partial charge in [0, 0.05) is 41.2 Å². The van der Waals surface area contributed by atoms with E-state index in [1.165, 1.54) is 17.7 Å². The number of nitrogens with zero attached hydrogens (tertiary/aromatic N) is 1. The lowest BCUT2D eigenvalue weighted by molar-refractivity contribution is 0.0987. The van der Waals surface area contributed by atoms with Crippen LogP contribution in [0.3, 0.4) is 0 Å². The molecule has 0 saturated heterocycles. The van der Waals surface area contributed by atoms with E-state index in [0.717, 1.165) is 41.3 Å². The maximum absolute atomic E-state index is 12.6. The molecule has 0 amide bonds. The Morgan fingerprint density at radius 1 is 1.12 bits per heavy atom. The molecule has 1 aliphatic heterocycles. The molecule has 0 fully saturated rings. The second kappa shape index (κ2) is 7.90. The fraction of sp³-hybridized carbons (Fsp3) is 0.320. The Bertz CT molecular complexity index is 1300. The van der Waals surface area contributed by atoms with Gasteiger partial charge in [0.15, 0.2) is 5.78 Å². The summed E-state index contributed by atoms with van der Waals surface area (Å²) >= 11 is 0. The van der Waals surface area contributed by atoms with Gasteiger partial charge in [-0.15, -0.1) is 0 Å². The Balaban J connectivity index is 1.90. The average Bonchev–Trinajstić information content (AvgIpc) is 3.09. The lowest BCUT2D eigenvalue weighted by Gasteiger charge is -2.33. The number of anilines is 1. The van der Waals surface area contributed by atoms with Crippen molar-refractivity contribution < 1.29 is 13.2 Å². The zero-order chi connectivity index (χ0) is 23.3.